The van der Waals surface area contributed by atoms with Crippen molar-refractivity contribution in [2.75, 3.05) is 17.8 Å². The fourth-order valence-electron chi connectivity index (χ4n) is 4.29. The van der Waals surface area contributed by atoms with E-state index in [4.69, 9.17) is 17.0 Å². The van der Waals surface area contributed by atoms with Crippen LogP contribution >= 0.6 is 24.0 Å². The van der Waals surface area contributed by atoms with E-state index in [1.165, 1.54) is 35.3 Å². The fraction of sp³-hybridized carbons (Fsp3) is 0.207. The standard InChI is InChI=1S/C29H26F3N7O2S2/c1-18-14-24(40-3)12-13-25(18)39-19(2)16-43-28(39)35-27(42)36-34-15-20-4-6-21(7-5-20)26-33-17-38(37-26)22-8-10-23(11-9-22)41-29(30,31)32/h4-15,17,19H,16H2,1-3H3,(H,36,42)/b34-15+,35-28-. The van der Waals surface area contributed by atoms with Crippen molar-refractivity contribution in [2.45, 2.75) is 26.3 Å². The Bertz CT molecular complexity index is 1660. The number of aryl methyl sites for hydroxylation is 1. The monoisotopic (exact) mass is 625 g/mol. The highest BCUT2D eigenvalue weighted by atomic mass is 32.2. The third-order valence-corrected chi connectivity index (χ3v) is 7.71. The molecule has 1 saturated heterocycles. The average molecular weight is 626 g/mol. The number of methoxy groups -OCH3 is 1. The Morgan fingerprint density at radius 2 is 1.81 bits per heavy atom. The van der Waals surface area contributed by atoms with Crippen LogP contribution in [0.2, 0.25) is 0 Å². The highest BCUT2D eigenvalue weighted by Gasteiger charge is 2.31. The van der Waals surface area contributed by atoms with Crippen molar-refractivity contribution in [1.29, 1.82) is 0 Å². The van der Waals surface area contributed by atoms with Crippen LogP contribution in [0.3, 0.4) is 0 Å². The normalized spacial score (nSPS) is 16.2. The van der Waals surface area contributed by atoms with E-state index in [0.717, 1.165) is 39.0 Å². The summed E-state index contributed by atoms with van der Waals surface area (Å²) in [5.41, 5.74) is 7.05. The minimum absolute atomic E-state index is 0.244. The molecule has 0 aliphatic carbocycles. The number of halogens is 3. The zero-order valence-electron chi connectivity index (χ0n) is 23.2. The third kappa shape index (κ3) is 7.51. The Kier molecular flexibility index (Phi) is 8.97. The lowest BCUT2D eigenvalue weighted by molar-refractivity contribution is -0.274. The second-order valence-corrected chi connectivity index (χ2v) is 10.8. The van der Waals surface area contributed by atoms with E-state index < -0.39 is 6.36 Å². The van der Waals surface area contributed by atoms with Gasteiger partial charge in [0.15, 0.2) is 11.0 Å². The molecule has 0 saturated carbocycles. The Morgan fingerprint density at radius 1 is 1.09 bits per heavy atom. The van der Waals surface area contributed by atoms with Gasteiger partial charge in [0, 0.05) is 23.0 Å². The smallest absolute Gasteiger partial charge is 0.497 e. The van der Waals surface area contributed by atoms with Crippen LogP contribution in [0.1, 0.15) is 18.1 Å². The molecule has 43 heavy (non-hydrogen) atoms. The van der Waals surface area contributed by atoms with Gasteiger partial charge in [0.2, 0.25) is 5.11 Å². The molecule has 0 radical (unpaired) electrons. The van der Waals surface area contributed by atoms with E-state index >= 15 is 0 Å². The summed E-state index contributed by atoms with van der Waals surface area (Å²) in [5, 5.41) is 9.70. The first-order chi connectivity index (χ1) is 20.6. The summed E-state index contributed by atoms with van der Waals surface area (Å²) in [4.78, 5) is 11.1. The summed E-state index contributed by atoms with van der Waals surface area (Å²) in [6.45, 7) is 4.18. The van der Waals surface area contributed by atoms with Gasteiger partial charge in [-0.25, -0.2) is 9.67 Å². The molecule has 222 valence electrons. The number of nitrogens with zero attached hydrogens (tertiary/aromatic N) is 6. The largest absolute Gasteiger partial charge is 0.573 e. The van der Waals surface area contributed by atoms with Gasteiger partial charge in [0.05, 0.1) is 19.0 Å². The summed E-state index contributed by atoms with van der Waals surface area (Å²) in [6, 6.07) is 18.9. The first-order valence-corrected chi connectivity index (χ1v) is 14.4. The van der Waals surface area contributed by atoms with Gasteiger partial charge in [0.25, 0.3) is 0 Å². The number of ether oxygens (including phenoxy) is 2. The number of hydrazone groups is 1. The summed E-state index contributed by atoms with van der Waals surface area (Å²) >= 11 is 7.07. The average Bonchev–Trinajstić information content (AvgIpc) is 3.60. The maximum absolute atomic E-state index is 12.4. The lowest BCUT2D eigenvalue weighted by Gasteiger charge is -2.25. The van der Waals surface area contributed by atoms with E-state index in [2.05, 4.69) is 42.2 Å². The number of alkyl halides is 3. The van der Waals surface area contributed by atoms with Crippen molar-refractivity contribution in [3.63, 3.8) is 0 Å². The number of rotatable bonds is 7. The van der Waals surface area contributed by atoms with E-state index in [0.29, 0.717) is 11.5 Å². The van der Waals surface area contributed by atoms with Crippen molar-refractivity contribution in [3.8, 4) is 28.6 Å². The molecule has 0 amide bonds. The Labute approximate surface area is 255 Å². The second kappa shape index (κ2) is 12.8. The minimum atomic E-state index is -4.75. The van der Waals surface area contributed by atoms with Crippen LogP contribution < -0.4 is 19.8 Å². The summed E-state index contributed by atoms with van der Waals surface area (Å²) in [7, 11) is 1.65. The first-order valence-electron chi connectivity index (χ1n) is 13.0. The van der Waals surface area contributed by atoms with Gasteiger partial charge in [-0.3, -0.25) is 5.43 Å². The summed E-state index contributed by atoms with van der Waals surface area (Å²) in [5.74, 6) is 1.83. The van der Waals surface area contributed by atoms with Gasteiger partial charge in [-0.2, -0.15) is 10.1 Å². The van der Waals surface area contributed by atoms with Gasteiger partial charge in [-0.15, -0.1) is 18.3 Å². The number of hydrogen-bond acceptors (Lipinski definition) is 7. The molecule has 1 aliphatic heterocycles. The Balaban J connectivity index is 1.19. The third-order valence-electron chi connectivity index (χ3n) is 6.33. The van der Waals surface area contributed by atoms with Crippen molar-refractivity contribution >= 4 is 46.2 Å². The quantitative estimate of drug-likeness (QED) is 0.144. The molecule has 1 aromatic heterocycles. The molecular formula is C29H26F3N7O2S2. The molecule has 0 bridgehead atoms. The van der Waals surface area contributed by atoms with Crippen LogP contribution in [0.5, 0.6) is 11.5 Å². The number of thioether (sulfide) groups is 1. The molecule has 1 unspecified atom stereocenters. The van der Waals surface area contributed by atoms with Crippen molar-refractivity contribution in [3.05, 3.63) is 84.2 Å². The predicted molar refractivity (Wildman–Crippen MR) is 166 cm³/mol. The number of benzene rings is 3. The minimum Gasteiger partial charge on any atom is -0.497 e. The van der Waals surface area contributed by atoms with Crippen LogP contribution in [0.4, 0.5) is 18.9 Å². The number of aliphatic imine (C=N–C) groups is 1. The van der Waals surface area contributed by atoms with Gasteiger partial charge in [-0.05, 0) is 79.7 Å². The number of thiocarbonyl (C=S) groups is 1. The molecule has 0 spiro atoms. The predicted octanol–water partition coefficient (Wildman–Crippen LogP) is 6.36. The van der Waals surface area contributed by atoms with E-state index in [1.54, 1.807) is 25.1 Å². The topological polar surface area (TPSA) is 89.2 Å². The molecule has 2 heterocycles. The number of anilines is 1. The van der Waals surface area contributed by atoms with E-state index in [1.807, 2.05) is 49.4 Å². The summed E-state index contributed by atoms with van der Waals surface area (Å²) < 4.78 is 47.9. The van der Waals surface area contributed by atoms with Crippen LogP contribution in [0, 0.1) is 6.92 Å². The SMILES string of the molecule is COc1ccc(N2/C(=N/C(=S)N/N=C/c3ccc(-c4ncn(-c5ccc(OC(F)(F)F)cc5)n4)cc3)SCC2C)c(C)c1. The lowest BCUT2D eigenvalue weighted by Crippen LogP contribution is -2.33. The van der Waals surface area contributed by atoms with Gasteiger partial charge < -0.3 is 14.4 Å². The van der Waals surface area contributed by atoms with Crippen molar-refractivity contribution < 1.29 is 22.6 Å². The fourth-order valence-corrected chi connectivity index (χ4v) is 5.60. The van der Waals surface area contributed by atoms with Crippen LogP contribution in [0.15, 0.2) is 83.2 Å². The second-order valence-electron chi connectivity index (χ2n) is 9.43. The van der Waals surface area contributed by atoms with Crippen molar-refractivity contribution in [1.82, 2.24) is 20.2 Å². The van der Waals surface area contributed by atoms with Crippen LogP contribution in [-0.4, -0.2) is 56.5 Å². The molecule has 5 rings (SSSR count). The molecule has 1 aliphatic rings. The zero-order chi connectivity index (χ0) is 30.6. The molecule has 3 aromatic carbocycles. The van der Waals surface area contributed by atoms with Gasteiger partial charge >= 0.3 is 6.36 Å². The van der Waals surface area contributed by atoms with Crippen LogP contribution in [-0.2, 0) is 0 Å². The molecule has 1 atom stereocenters. The van der Waals surface area contributed by atoms with Crippen molar-refractivity contribution in [2.24, 2.45) is 10.1 Å². The van der Waals surface area contributed by atoms with Gasteiger partial charge in [0.1, 0.15) is 17.8 Å². The zero-order valence-corrected chi connectivity index (χ0v) is 24.9. The van der Waals surface area contributed by atoms with Gasteiger partial charge in [-0.1, -0.05) is 36.0 Å². The highest BCUT2D eigenvalue weighted by Crippen LogP contribution is 2.34. The molecule has 14 heteroatoms. The number of aromatic nitrogens is 3. The maximum atomic E-state index is 12.4. The maximum Gasteiger partial charge on any atom is 0.573 e. The van der Waals surface area contributed by atoms with Crippen LogP contribution in [0.25, 0.3) is 17.1 Å². The molecule has 1 fully saturated rings. The van der Waals surface area contributed by atoms with E-state index in [9.17, 15) is 13.2 Å². The van der Waals surface area contributed by atoms with E-state index in [-0.39, 0.29) is 16.9 Å². The molecule has 1 N–H and O–H groups in total. The number of amidine groups is 1. The molecule has 9 nitrogen and oxygen atoms in total. The highest BCUT2D eigenvalue weighted by molar-refractivity contribution is 8.14. The Morgan fingerprint density at radius 3 is 2.49 bits per heavy atom. The Hall–Kier alpha value is -4.43. The molecular weight excluding hydrogens is 599 g/mol. The summed E-state index contributed by atoms with van der Waals surface area (Å²) in [6.07, 6.45) is -1.64. The lowest BCUT2D eigenvalue weighted by atomic mass is 10.1. The number of hydrogen-bond donors (Lipinski definition) is 1. The first kappa shape index (κ1) is 30.0. The molecule has 4 aromatic rings. The number of nitrogens with one attached hydrogen (secondary N) is 1.